The fourth-order valence-electron chi connectivity index (χ4n) is 2.45. The number of nitrogens with zero attached hydrogens (tertiary/aromatic N) is 1. The molecule has 0 saturated heterocycles. The lowest BCUT2D eigenvalue weighted by atomic mass is 9.90. The van der Waals surface area contributed by atoms with Crippen molar-refractivity contribution in [1.82, 2.24) is 0 Å². The summed E-state index contributed by atoms with van der Waals surface area (Å²) >= 11 is 0. The van der Waals surface area contributed by atoms with E-state index in [0.29, 0.717) is 5.56 Å². The van der Waals surface area contributed by atoms with Gasteiger partial charge >= 0.3 is 5.97 Å². The molecule has 0 aliphatic heterocycles. The van der Waals surface area contributed by atoms with Crippen LogP contribution in [0.4, 0.5) is 0 Å². The number of carbonyl (C=O) groups is 1. The van der Waals surface area contributed by atoms with Gasteiger partial charge in [0.05, 0.1) is 0 Å². The summed E-state index contributed by atoms with van der Waals surface area (Å²) in [5.41, 5.74) is -0.565. The van der Waals surface area contributed by atoms with E-state index in [-0.39, 0.29) is 13.2 Å². The number of esters is 1. The Hall–Kier alpha value is -2.93. The molecule has 1 atom stereocenters. The maximum Gasteiger partial charge on any atom is 0.343 e. The van der Waals surface area contributed by atoms with E-state index >= 15 is 0 Å². The predicted molar refractivity (Wildman–Crippen MR) is 91.4 cm³/mol. The molecule has 0 aliphatic rings. The highest BCUT2D eigenvalue weighted by molar-refractivity contribution is 5.92. The maximum atomic E-state index is 12.6. The summed E-state index contributed by atoms with van der Waals surface area (Å²) in [7, 11) is 1.45. The van der Waals surface area contributed by atoms with Gasteiger partial charge in [0.2, 0.25) is 0 Å². The van der Waals surface area contributed by atoms with Crippen molar-refractivity contribution in [3.63, 3.8) is 0 Å². The third-order valence-corrected chi connectivity index (χ3v) is 3.85. The Morgan fingerprint density at radius 2 is 1.84 bits per heavy atom. The van der Waals surface area contributed by atoms with Crippen LogP contribution in [-0.2, 0) is 24.7 Å². The molecular weight excluding hydrogens is 326 g/mol. The summed E-state index contributed by atoms with van der Waals surface area (Å²) in [5, 5.41) is 11.0. The second kappa shape index (κ2) is 8.25. The van der Waals surface area contributed by atoms with Gasteiger partial charge in [-0.1, -0.05) is 48.5 Å². The number of hydrogen-bond donors (Lipinski definition) is 0. The zero-order valence-corrected chi connectivity index (χ0v) is 14.0. The molecule has 0 aliphatic carbocycles. The summed E-state index contributed by atoms with van der Waals surface area (Å²) in [4.78, 5) is 26.7. The summed E-state index contributed by atoms with van der Waals surface area (Å²) < 4.78 is 10.7. The zero-order valence-electron chi connectivity index (χ0n) is 14.0. The summed E-state index contributed by atoms with van der Waals surface area (Å²) in [6, 6.07) is 13.3. The molecule has 0 spiro atoms. The summed E-state index contributed by atoms with van der Waals surface area (Å²) in [5.74, 6) is -0.550. The molecule has 0 aromatic heterocycles. The van der Waals surface area contributed by atoms with E-state index in [0.717, 1.165) is 10.8 Å². The standard InChI is InChI=1S/C18H19NO6/c1-18(23-2,17(20)24-12-5-6-13-25-19(21)22)16-11-7-9-14-8-3-4-10-15(14)16/h3-11H,12-13H2,1-2H3/t18-/m0/s1. The molecule has 0 fully saturated rings. The minimum absolute atomic E-state index is 0.0381. The van der Waals surface area contributed by atoms with Crippen molar-refractivity contribution in [2.45, 2.75) is 12.5 Å². The normalized spacial score (nSPS) is 13.5. The Labute approximate surface area is 144 Å². The third-order valence-electron chi connectivity index (χ3n) is 3.85. The molecule has 7 heteroatoms. The molecule has 0 saturated carbocycles. The lowest BCUT2D eigenvalue weighted by molar-refractivity contribution is -0.755. The highest BCUT2D eigenvalue weighted by Crippen LogP contribution is 2.32. The number of benzene rings is 2. The second-order valence-electron chi connectivity index (χ2n) is 5.35. The molecule has 0 amide bonds. The number of ether oxygens (including phenoxy) is 2. The monoisotopic (exact) mass is 345 g/mol. The first-order valence-corrected chi connectivity index (χ1v) is 7.62. The van der Waals surface area contributed by atoms with E-state index in [4.69, 9.17) is 9.47 Å². The van der Waals surface area contributed by atoms with Crippen molar-refractivity contribution in [3.05, 3.63) is 70.3 Å². The first-order chi connectivity index (χ1) is 12.0. The van der Waals surface area contributed by atoms with Crippen LogP contribution in [0.3, 0.4) is 0 Å². The number of methoxy groups -OCH3 is 1. The molecular formula is C18H19NO6. The Kier molecular flexibility index (Phi) is 6.08. The van der Waals surface area contributed by atoms with Gasteiger partial charge in [-0.3, -0.25) is 0 Å². The van der Waals surface area contributed by atoms with Crippen LogP contribution in [0.2, 0.25) is 0 Å². The van der Waals surface area contributed by atoms with Crippen LogP contribution in [-0.4, -0.2) is 31.4 Å². The highest BCUT2D eigenvalue weighted by Gasteiger charge is 2.38. The van der Waals surface area contributed by atoms with Crippen molar-refractivity contribution in [2.24, 2.45) is 0 Å². The second-order valence-corrected chi connectivity index (χ2v) is 5.35. The molecule has 0 radical (unpaired) electrons. The van der Waals surface area contributed by atoms with Crippen LogP contribution in [0.25, 0.3) is 10.8 Å². The third kappa shape index (κ3) is 4.33. The molecule has 0 unspecified atom stereocenters. The summed E-state index contributed by atoms with van der Waals surface area (Å²) in [6.07, 6.45) is 2.87. The van der Waals surface area contributed by atoms with Crippen molar-refractivity contribution in [3.8, 4) is 0 Å². The fraction of sp³-hybridized carbons (Fsp3) is 0.278. The number of carbonyl (C=O) groups excluding carboxylic acids is 1. The maximum absolute atomic E-state index is 12.6. The molecule has 2 rings (SSSR count). The molecule has 2 aromatic rings. The van der Waals surface area contributed by atoms with Crippen molar-refractivity contribution >= 4 is 16.7 Å². The van der Waals surface area contributed by atoms with E-state index in [9.17, 15) is 14.9 Å². The van der Waals surface area contributed by atoms with Crippen molar-refractivity contribution in [2.75, 3.05) is 20.3 Å². The molecule has 0 bridgehead atoms. The SMILES string of the molecule is CO[C@](C)(C(=O)OCC=CCO[N+](=O)[O-])c1cccc2ccccc12. The van der Waals surface area contributed by atoms with Gasteiger partial charge in [-0.25, -0.2) is 4.79 Å². The van der Waals surface area contributed by atoms with E-state index in [1.165, 1.54) is 19.3 Å². The van der Waals surface area contributed by atoms with Crippen LogP contribution in [0.1, 0.15) is 12.5 Å². The van der Waals surface area contributed by atoms with Gasteiger partial charge in [0.1, 0.15) is 13.2 Å². The van der Waals surface area contributed by atoms with Gasteiger partial charge in [-0.15, -0.1) is 10.1 Å². The Morgan fingerprint density at radius 1 is 1.16 bits per heavy atom. The van der Waals surface area contributed by atoms with E-state index < -0.39 is 16.7 Å². The molecule has 0 heterocycles. The highest BCUT2D eigenvalue weighted by atomic mass is 16.9. The van der Waals surface area contributed by atoms with Crippen LogP contribution >= 0.6 is 0 Å². The van der Waals surface area contributed by atoms with Crippen LogP contribution < -0.4 is 0 Å². The summed E-state index contributed by atoms with van der Waals surface area (Å²) in [6.45, 7) is 1.41. The Morgan fingerprint density at radius 3 is 2.56 bits per heavy atom. The zero-order chi connectivity index (χ0) is 18.3. The average Bonchev–Trinajstić information content (AvgIpc) is 2.63. The largest absolute Gasteiger partial charge is 0.459 e. The molecule has 0 N–H and O–H groups in total. The lowest BCUT2D eigenvalue weighted by Crippen LogP contribution is -2.36. The Balaban J connectivity index is 2.13. The van der Waals surface area contributed by atoms with Crippen LogP contribution in [0.5, 0.6) is 0 Å². The van der Waals surface area contributed by atoms with Gasteiger partial charge in [-0.05, 0) is 23.8 Å². The lowest BCUT2D eigenvalue weighted by Gasteiger charge is -2.27. The quantitative estimate of drug-likeness (QED) is 0.316. The minimum atomic E-state index is -1.27. The van der Waals surface area contributed by atoms with E-state index in [2.05, 4.69) is 4.84 Å². The van der Waals surface area contributed by atoms with E-state index in [1.807, 2.05) is 42.5 Å². The van der Waals surface area contributed by atoms with E-state index in [1.54, 1.807) is 6.92 Å². The number of fused-ring (bicyclic) bond motifs is 1. The predicted octanol–water partition coefficient (Wildman–Crippen LogP) is 3.01. The van der Waals surface area contributed by atoms with Crippen molar-refractivity contribution in [1.29, 1.82) is 0 Å². The van der Waals surface area contributed by atoms with Gasteiger partial charge in [-0.2, -0.15) is 0 Å². The first-order valence-electron chi connectivity index (χ1n) is 7.62. The molecule has 7 nitrogen and oxygen atoms in total. The molecule has 132 valence electrons. The Bertz CT molecular complexity index is 783. The smallest absolute Gasteiger partial charge is 0.343 e. The topological polar surface area (TPSA) is 87.9 Å². The van der Waals surface area contributed by atoms with Crippen LogP contribution in [0, 0.1) is 10.1 Å². The first kappa shape index (κ1) is 18.4. The van der Waals surface area contributed by atoms with Gasteiger partial charge in [0, 0.05) is 12.7 Å². The fourth-order valence-corrected chi connectivity index (χ4v) is 2.45. The van der Waals surface area contributed by atoms with Crippen molar-refractivity contribution < 1.29 is 24.2 Å². The average molecular weight is 345 g/mol. The molecule has 25 heavy (non-hydrogen) atoms. The molecule has 2 aromatic carbocycles. The van der Waals surface area contributed by atoms with Gasteiger partial charge in [0.15, 0.2) is 5.60 Å². The van der Waals surface area contributed by atoms with Gasteiger partial charge in [0.25, 0.3) is 5.09 Å². The minimum Gasteiger partial charge on any atom is -0.459 e. The van der Waals surface area contributed by atoms with Gasteiger partial charge < -0.3 is 14.3 Å². The number of rotatable bonds is 8. The van der Waals surface area contributed by atoms with Crippen LogP contribution in [0.15, 0.2) is 54.6 Å². The number of hydrogen-bond acceptors (Lipinski definition) is 6.